The zero-order valence-corrected chi connectivity index (χ0v) is 10.7. The average molecular weight is 270 g/mol. The molecule has 5 heteroatoms. The van der Waals surface area contributed by atoms with Crippen molar-refractivity contribution in [1.29, 1.82) is 0 Å². The Morgan fingerprint density at radius 3 is 2.32 bits per heavy atom. The van der Waals surface area contributed by atoms with Gasteiger partial charge in [0.2, 0.25) is 0 Å². The molecule has 0 bridgehead atoms. The molecule has 19 heavy (non-hydrogen) atoms. The molecule has 2 rings (SSSR count). The standard InChI is InChI=1S/C14H16F2O3/c1-19-12-10(16)6-5-9(15)11(12)14(13(17)18)7-3-2-4-8-14/h5-6H,2-4,7-8H2,1H3,(H,17,18). The lowest BCUT2D eigenvalue weighted by Crippen LogP contribution is -2.39. The van der Waals surface area contributed by atoms with Gasteiger partial charge in [-0.3, -0.25) is 4.79 Å². The summed E-state index contributed by atoms with van der Waals surface area (Å²) in [6.07, 6.45) is 2.89. The van der Waals surface area contributed by atoms with E-state index in [0.29, 0.717) is 25.7 Å². The molecule has 1 saturated carbocycles. The highest BCUT2D eigenvalue weighted by Gasteiger charge is 2.46. The molecule has 1 aliphatic rings. The minimum absolute atomic E-state index is 0.151. The lowest BCUT2D eigenvalue weighted by Gasteiger charge is -2.34. The third-order valence-corrected chi connectivity index (χ3v) is 3.86. The number of carboxylic acids is 1. The molecule has 104 valence electrons. The van der Waals surface area contributed by atoms with Crippen LogP contribution < -0.4 is 4.74 Å². The second kappa shape index (κ2) is 5.15. The molecular weight excluding hydrogens is 254 g/mol. The highest BCUT2D eigenvalue weighted by atomic mass is 19.1. The van der Waals surface area contributed by atoms with Crippen LogP contribution in [0.4, 0.5) is 8.78 Å². The second-order valence-corrected chi connectivity index (χ2v) is 4.89. The van der Waals surface area contributed by atoms with Gasteiger partial charge in [0.25, 0.3) is 0 Å². The number of benzene rings is 1. The summed E-state index contributed by atoms with van der Waals surface area (Å²) in [6.45, 7) is 0. The fourth-order valence-electron chi connectivity index (χ4n) is 2.90. The zero-order chi connectivity index (χ0) is 14.0. The number of hydrogen-bond donors (Lipinski definition) is 1. The third kappa shape index (κ3) is 2.17. The van der Waals surface area contributed by atoms with E-state index in [1.807, 2.05) is 0 Å². The topological polar surface area (TPSA) is 46.5 Å². The summed E-state index contributed by atoms with van der Waals surface area (Å²) in [7, 11) is 1.22. The van der Waals surface area contributed by atoms with Gasteiger partial charge in [0, 0.05) is 0 Å². The zero-order valence-electron chi connectivity index (χ0n) is 10.7. The number of carbonyl (C=O) groups is 1. The van der Waals surface area contributed by atoms with E-state index in [1.165, 1.54) is 7.11 Å². The van der Waals surface area contributed by atoms with Crippen LogP contribution in [-0.2, 0) is 10.2 Å². The smallest absolute Gasteiger partial charge is 0.314 e. The van der Waals surface area contributed by atoms with Crippen LogP contribution in [0, 0.1) is 11.6 Å². The Kier molecular flexibility index (Phi) is 3.73. The van der Waals surface area contributed by atoms with Gasteiger partial charge >= 0.3 is 5.97 Å². The van der Waals surface area contributed by atoms with Crippen LogP contribution in [0.2, 0.25) is 0 Å². The van der Waals surface area contributed by atoms with Crippen LogP contribution in [0.15, 0.2) is 12.1 Å². The second-order valence-electron chi connectivity index (χ2n) is 4.89. The van der Waals surface area contributed by atoms with Crippen LogP contribution in [0.1, 0.15) is 37.7 Å². The number of hydrogen-bond acceptors (Lipinski definition) is 2. The average Bonchev–Trinajstić information content (AvgIpc) is 2.41. The number of rotatable bonds is 3. The minimum atomic E-state index is -1.38. The number of ether oxygens (including phenoxy) is 1. The van der Waals surface area contributed by atoms with Crippen molar-refractivity contribution in [2.45, 2.75) is 37.5 Å². The van der Waals surface area contributed by atoms with Gasteiger partial charge in [-0.2, -0.15) is 0 Å². The molecular formula is C14H16F2O3. The molecule has 0 saturated heterocycles. The molecule has 0 radical (unpaired) electrons. The first-order valence-electron chi connectivity index (χ1n) is 6.29. The minimum Gasteiger partial charge on any atom is -0.493 e. The van der Waals surface area contributed by atoms with Crippen molar-refractivity contribution >= 4 is 5.97 Å². The van der Waals surface area contributed by atoms with Crippen LogP contribution in [0.5, 0.6) is 5.75 Å². The van der Waals surface area contributed by atoms with Crippen LogP contribution in [0.3, 0.4) is 0 Å². The van der Waals surface area contributed by atoms with Gasteiger partial charge in [0.15, 0.2) is 11.6 Å². The van der Waals surface area contributed by atoms with Crippen molar-refractivity contribution in [2.24, 2.45) is 0 Å². The summed E-state index contributed by atoms with van der Waals surface area (Å²) in [5.41, 5.74) is -1.53. The van der Waals surface area contributed by atoms with Gasteiger partial charge in [-0.05, 0) is 25.0 Å². The Labute approximate surface area is 110 Å². The largest absolute Gasteiger partial charge is 0.493 e. The predicted octanol–water partition coefficient (Wildman–Crippen LogP) is 3.26. The van der Waals surface area contributed by atoms with E-state index in [0.717, 1.165) is 18.6 Å². The predicted molar refractivity (Wildman–Crippen MR) is 65.3 cm³/mol. The summed E-state index contributed by atoms with van der Waals surface area (Å²) in [6, 6.07) is 1.92. The highest BCUT2D eigenvalue weighted by Crippen LogP contribution is 2.45. The van der Waals surface area contributed by atoms with E-state index < -0.39 is 23.0 Å². The van der Waals surface area contributed by atoms with E-state index in [-0.39, 0.29) is 11.3 Å². The van der Waals surface area contributed by atoms with Gasteiger partial charge in [0.1, 0.15) is 5.82 Å². The molecule has 0 heterocycles. The lowest BCUT2D eigenvalue weighted by atomic mass is 9.69. The molecule has 0 atom stereocenters. The van der Waals surface area contributed by atoms with E-state index in [4.69, 9.17) is 4.74 Å². The molecule has 1 fully saturated rings. The Balaban J connectivity index is 2.66. The maximum Gasteiger partial charge on any atom is 0.314 e. The van der Waals surface area contributed by atoms with Crippen molar-refractivity contribution < 1.29 is 23.4 Å². The van der Waals surface area contributed by atoms with Crippen molar-refractivity contribution in [3.63, 3.8) is 0 Å². The van der Waals surface area contributed by atoms with Gasteiger partial charge in [-0.25, -0.2) is 8.78 Å². The first-order chi connectivity index (χ1) is 9.03. The van der Waals surface area contributed by atoms with E-state index in [1.54, 1.807) is 0 Å². The first-order valence-corrected chi connectivity index (χ1v) is 6.29. The third-order valence-electron chi connectivity index (χ3n) is 3.86. The van der Waals surface area contributed by atoms with E-state index in [9.17, 15) is 18.7 Å². The fraction of sp³-hybridized carbons (Fsp3) is 0.500. The summed E-state index contributed by atoms with van der Waals surface area (Å²) < 4.78 is 32.7. The summed E-state index contributed by atoms with van der Waals surface area (Å²) in [5.74, 6) is -2.85. The van der Waals surface area contributed by atoms with E-state index >= 15 is 0 Å². The SMILES string of the molecule is COc1c(F)ccc(F)c1C1(C(=O)O)CCCCC1. The Morgan fingerprint density at radius 1 is 1.21 bits per heavy atom. The van der Waals surface area contributed by atoms with Crippen molar-refractivity contribution in [3.05, 3.63) is 29.3 Å². The molecule has 1 aromatic carbocycles. The number of halogens is 2. The summed E-state index contributed by atoms with van der Waals surface area (Å²) in [5, 5.41) is 9.53. The molecule has 1 aliphatic carbocycles. The highest BCUT2D eigenvalue weighted by molar-refractivity contribution is 5.82. The van der Waals surface area contributed by atoms with Crippen LogP contribution in [-0.4, -0.2) is 18.2 Å². The Morgan fingerprint density at radius 2 is 1.79 bits per heavy atom. The number of methoxy groups -OCH3 is 1. The molecule has 0 amide bonds. The molecule has 0 aliphatic heterocycles. The summed E-state index contributed by atoms with van der Waals surface area (Å²) in [4.78, 5) is 11.7. The molecule has 3 nitrogen and oxygen atoms in total. The quantitative estimate of drug-likeness (QED) is 0.917. The van der Waals surface area contributed by atoms with Crippen LogP contribution >= 0.6 is 0 Å². The fourth-order valence-corrected chi connectivity index (χ4v) is 2.90. The number of carboxylic acid groups (broad SMARTS) is 1. The Hall–Kier alpha value is -1.65. The molecule has 0 spiro atoms. The van der Waals surface area contributed by atoms with Gasteiger partial charge in [0.05, 0.1) is 18.1 Å². The van der Waals surface area contributed by atoms with Gasteiger partial charge in [-0.1, -0.05) is 19.3 Å². The van der Waals surface area contributed by atoms with Gasteiger partial charge < -0.3 is 9.84 Å². The number of aliphatic carboxylic acids is 1. The van der Waals surface area contributed by atoms with Crippen molar-refractivity contribution in [3.8, 4) is 5.75 Å². The maximum absolute atomic E-state index is 14.1. The van der Waals surface area contributed by atoms with E-state index in [2.05, 4.69) is 0 Å². The van der Waals surface area contributed by atoms with Crippen molar-refractivity contribution in [1.82, 2.24) is 0 Å². The monoisotopic (exact) mass is 270 g/mol. The molecule has 0 aromatic heterocycles. The first kappa shape index (κ1) is 13.8. The summed E-state index contributed by atoms with van der Waals surface area (Å²) >= 11 is 0. The Bertz CT molecular complexity index is 494. The molecule has 1 N–H and O–H groups in total. The molecule has 0 unspecified atom stereocenters. The lowest BCUT2D eigenvalue weighted by molar-refractivity contribution is -0.145. The maximum atomic E-state index is 14.1. The normalized spacial score (nSPS) is 18.1. The van der Waals surface area contributed by atoms with Gasteiger partial charge in [-0.15, -0.1) is 0 Å². The van der Waals surface area contributed by atoms with Crippen molar-refractivity contribution in [2.75, 3.05) is 7.11 Å². The molecule has 1 aromatic rings. The van der Waals surface area contributed by atoms with Crippen LogP contribution in [0.25, 0.3) is 0 Å².